The van der Waals surface area contributed by atoms with E-state index in [1.807, 2.05) is 6.92 Å². The first-order valence-electron chi connectivity index (χ1n) is 7.27. The first-order chi connectivity index (χ1) is 11.4. The van der Waals surface area contributed by atoms with E-state index >= 15 is 0 Å². The molecule has 0 aliphatic heterocycles. The van der Waals surface area contributed by atoms with Crippen molar-refractivity contribution in [2.45, 2.75) is 33.6 Å². The number of aryl methyl sites for hydroxylation is 1. The van der Waals surface area contributed by atoms with Gasteiger partial charge in [0.1, 0.15) is 5.69 Å². The summed E-state index contributed by atoms with van der Waals surface area (Å²) in [6, 6.07) is 0. The number of hydrogen-bond acceptors (Lipinski definition) is 7. The molecule has 2 amide bonds. The number of nitrogens with zero attached hydrogens (tertiary/aromatic N) is 2. The molecule has 24 heavy (non-hydrogen) atoms. The number of nitrogens with one attached hydrogen (secondary N) is 3. The highest BCUT2D eigenvalue weighted by Gasteiger charge is 2.23. The van der Waals surface area contributed by atoms with Gasteiger partial charge in [0.25, 0.3) is 11.8 Å². The standard InChI is InChI=1S/C14H18N6O4/c1-4-5-8-9(7(3)21)6(2)16-10(8)13(22)17-18-14(23)11-12(15)20-24-19-11/h16H,4-5H2,1-3H3,(H2,15,20)(H,17,22)(H,18,23). The van der Waals surface area contributed by atoms with Crippen molar-refractivity contribution in [2.75, 3.05) is 5.73 Å². The van der Waals surface area contributed by atoms with Crippen molar-refractivity contribution in [3.63, 3.8) is 0 Å². The zero-order chi connectivity index (χ0) is 17.9. The van der Waals surface area contributed by atoms with Gasteiger partial charge < -0.3 is 10.7 Å². The molecule has 0 bridgehead atoms. The number of nitrogen functional groups attached to an aromatic ring is 1. The van der Waals surface area contributed by atoms with Gasteiger partial charge in [0.05, 0.1) is 0 Å². The molecule has 0 radical (unpaired) electrons. The van der Waals surface area contributed by atoms with Crippen molar-refractivity contribution in [1.82, 2.24) is 26.1 Å². The molecule has 0 saturated heterocycles. The number of aromatic nitrogens is 3. The predicted octanol–water partition coefficient (Wildman–Crippen LogP) is 0.518. The van der Waals surface area contributed by atoms with E-state index in [-0.39, 0.29) is 23.0 Å². The summed E-state index contributed by atoms with van der Waals surface area (Å²) in [7, 11) is 0. The molecule has 0 fully saturated rings. The lowest BCUT2D eigenvalue weighted by Crippen LogP contribution is -2.42. The minimum absolute atomic E-state index is 0.128. The number of carbonyl (C=O) groups excluding carboxylic acids is 3. The lowest BCUT2D eigenvalue weighted by Gasteiger charge is -2.07. The lowest BCUT2D eigenvalue weighted by atomic mass is 10.0. The van der Waals surface area contributed by atoms with Crippen molar-refractivity contribution in [3.05, 3.63) is 28.2 Å². The van der Waals surface area contributed by atoms with Gasteiger partial charge in [-0.15, -0.1) is 0 Å². The van der Waals surface area contributed by atoms with Crippen LogP contribution in [0.2, 0.25) is 0 Å². The van der Waals surface area contributed by atoms with E-state index < -0.39 is 11.8 Å². The van der Waals surface area contributed by atoms with Gasteiger partial charge in [0.15, 0.2) is 5.78 Å². The molecule has 0 aromatic carbocycles. The third-order valence-electron chi connectivity index (χ3n) is 3.39. The van der Waals surface area contributed by atoms with Crippen LogP contribution in [0.5, 0.6) is 0 Å². The molecular weight excluding hydrogens is 316 g/mol. The quantitative estimate of drug-likeness (QED) is 0.458. The molecule has 0 saturated carbocycles. The number of carbonyl (C=O) groups is 3. The van der Waals surface area contributed by atoms with Crippen molar-refractivity contribution >= 4 is 23.4 Å². The highest BCUT2D eigenvalue weighted by Crippen LogP contribution is 2.21. The topological polar surface area (TPSA) is 156 Å². The largest absolute Gasteiger partial charge is 0.379 e. The van der Waals surface area contributed by atoms with Gasteiger partial charge in [-0.1, -0.05) is 13.3 Å². The average Bonchev–Trinajstić information content (AvgIpc) is 3.08. The number of anilines is 1. The predicted molar refractivity (Wildman–Crippen MR) is 83.2 cm³/mol. The molecule has 2 aromatic heterocycles. The Kier molecular flexibility index (Phi) is 4.97. The molecule has 2 rings (SSSR count). The number of Topliss-reactive ketones (excluding diaryl/α,β-unsaturated/α-hetero) is 1. The molecule has 5 N–H and O–H groups in total. The van der Waals surface area contributed by atoms with Gasteiger partial charge in [-0.2, -0.15) is 0 Å². The van der Waals surface area contributed by atoms with Crippen LogP contribution < -0.4 is 16.6 Å². The Balaban J connectivity index is 2.18. The summed E-state index contributed by atoms with van der Waals surface area (Å²) < 4.78 is 4.31. The number of hydrazine groups is 1. The van der Waals surface area contributed by atoms with E-state index in [2.05, 4.69) is 30.8 Å². The zero-order valence-electron chi connectivity index (χ0n) is 13.5. The summed E-state index contributed by atoms with van der Waals surface area (Å²) in [4.78, 5) is 38.8. The minimum atomic E-state index is -0.769. The number of nitrogens with two attached hydrogens (primary N) is 1. The Morgan fingerprint density at radius 2 is 1.88 bits per heavy atom. The second-order valence-corrected chi connectivity index (χ2v) is 5.19. The Labute approximate surface area is 137 Å². The van der Waals surface area contributed by atoms with Crippen molar-refractivity contribution in [1.29, 1.82) is 0 Å². The summed E-state index contributed by atoms with van der Waals surface area (Å²) in [6.45, 7) is 5.10. The van der Waals surface area contributed by atoms with E-state index in [1.165, 1.54) is 6.92 Å². The van der Waals surface area contributed by atoms with Gasteiger partial charge in [-0.05, 0) is 36.1 Å². The number of ketones is 1. The summed E-state index contributed by atoms with van der Waals surface area (Å²) in [5.74, 6) is -1.67. The van der Waals surface area contributed by atoms with Gasteiger partial charge >= 0.3 is 0 Å². The molecular formula is C14H18N6O4. The van der Waals surface area contributed by atoms with Crippen LogP contribution in [0.15, 0.2) is 4.63 Å². The molecule has 10 heteroatoms. The van der Waals surface area contributed by atoms with Crippen LogP contribution in [-0.4, -0.2) is 32.9 Å². The maximum Gasteiger partial charge on any atom is 0.295 e. The maximum atomic E-state index is 12.3. The van der Waals surface area contributed by atoms with E-state index in [9.17, 15) is 14.4 Å². The van der Waals surface area contributed by atoms with E-state index in [0.717, 1.165) is 6.42 Å². The van der Waals surface area contributed by atoms with Crippen molar-refractivity contribution in [3.8, 4) is 0 Å². The summed E-state index contributed by atoms with van der Waals surface area (Å²) >= 11 is 0. The molecule has 0 spiro atoms. The molecule has 0 atom stereocenters. The summed E-state index contributed by atoms with van der Waals surface area (Å²) in [6.07, 6.45) is 1.31. The molecule has 10 nitrogen and oxygen atoms in total. The highest BCUT2D eigenvalue weighted by molar-refractivity contribution is 6.04. The number of rotatable bonds is 5. The van der Waals surface area contributed by atoms with E-state index in [1.54, 1.807) is 6.92 Å². The van der Waals surface area contributed by atoms with Crippen LogP contribution in [0.25, 0.3) is 0 Å². The molecule has 0 aliphatic rings. The number of hydrogen-bond donors (Lipinski definition) is 4. The van der Waals surface area contributed by atoms with Gasteiger partial charge in [0.2, 0.25) is 11.5 Å². The highest BCUT2D eigenvalue weighted by atomic mass is 16.6. The van der Waals surface area contributed by atoms with Gasteiger partial charge in [-0.3, -0.25) is 25.2 Å². The fourth-order valence-corrected chi connectivity index (χ4v) is 2.44. The number of H-pyrrole nitrogens is 1. The second kappa shape index (κ2) is 6.94. The third kappa shape index (κ3) is 3.26. The molecule has 2 aromatic rings. The van der Waals surface area contributed by atoms with Crippen molar-refractivity contribution < 1.29 is 19.0 Å². The Morgan fingerprint density at radius 1 is 1.21 bits per heavy atom. The van der Waals surface area contributed by atoms with Crippen LogP contribution >= 0.6 is 0 Å². The smallest absolute Gasteiger partial charge is 0.295 e. The average molecular weight is 334 g/mol. The molecule has 0 unspecified atom stereocenters. The van der Waals surface area contributed by atoms with Crippen LogP contribution in [0, 0.1) is 6.92 Å². The van der Waals surface area contributed by atoms with Crippen LogP contribution in [0.1, 0.15) is 62.9 Å². The lowest BCUT2D eigenvalue weighted by molar-refractivity contribution is 0.0838. The molecule has 0 aliphatic carbocycles. The summed E-state index contributed by atoms with van der Waals surface area (Å²) in [5, 5.41) is 6.60. The first kappa shape index (κ1) is 17.2. The molecule has 2 heterocycles. The minimum Gasteiger partial charge on any atom is -0.379 e. The van der Waals surface area contributed by atoms with E-state index in [0.29, 0.717) is 23.2 Å². The fraction of sp³-hybridized carbons (Fsp3) is 0.357. The molecule has 128 valence electrons. The SMILES string of the molecule is CCCc1c(C(=O)NNC(=O)c2nonc2N)[nH]c(C)c1C(C)=O. The first-order valence-corrected chi connectivity index (χ1v) is 7.27. The zero-order valence-corrected chi connectivity index (χ0v) is 13.5. The van der Waals surface area contributed by atoms with E-state index in [4.69, 9.17) is 5.73 Å². The van der Waals surface area contributed by atoms with Crippen LogP contribution in [0.3, 0.4) is 0 Å². The normalized spacial score (nSPS) is 10.5. The summed E-state index contributed by atoms with van der Waals surface area (Å²) in [5.41, 5.74) is 11.5. The Morgan fingerprint density at radius 3 is 2.42 bits per heavy atom. The Bertz CT molecular complexity index is 791. The Hall–Kier alpha value is -3.17. The number of aromatic amines is 1. The number of amides is 2. The van der Waals surface area contributed by atoms with Crippen molar-refractivity contribution in [2.24, 2.45) is 0 Å². The maximum absolute atomic E-state index is 12.3. The fourth-order valence-electron chi connectivity index (χ4n) is 2.44. The van der Waals surface area contributed by atoms with Gasteiger partial charge in [-0.25, -0.2) is 4.63 Å². The second-order valence-electron chi connectivity index (χ2n) is 5.19. The van der Waals surface area contributed by atoms with Crippen LogP contribution in [-0.2, 0) is 6.42 Å². The van der Waals surface area contributed by atoms with Gasteiger partial charge in [0, 0.05) is 11.3 Å². The van der Waals surface area contributed by atoms with Crippen LogP contribution in [0.4, 0.5) is 5.82 Å². The monoisotopic (exact) mass is 334 g/mol. The third-order valence-corrected chi connectivity index (χ3v) is 3.39.